The third-order valence-electron chi connectivity index (χ3n) is 4.11. The molecule has 2 heteroatoms. The van der Waals surface area contributed by atoms with Crippen LogP contribution in [0.1, 0.15) is 50.6 Å². The molecule has 0 radical (unpaired) electrons. The van der Waals surface area contributed by atoms with Gasteiger partial charge in [-0.15, -0.1) is 0 Å². The molecule has 1 unspecified atom stereocenters. The Labute approximate surface area is 110 Å². The Kier molecular flexibility index (Phi) is 3.55. The summed E-state index contributed by atoms with van der Waals surface area (Å²) < 4.78 is 5.80. The number of ether oxygens (including phenoxy) is 1. The van der Waals surface area contributed by atoms with Gasteiger partial charge >= 0.3 is 0 Å². The largest absolute Gasteiger partial charge is 0.490 e. The second-order valence-corrected chi connectivity index (χ2v) is 5.61. The van der Waals surface area contributed by atoms with E-state index in [1.54, 1.807) is 0 Å². The molecule has 1 N–H and O–H groups in total. The normalized spacial score (nSPS) is 21.4. The highest BCUT2D eigenvalue weighted by Crippen LogP contribution is 2.38. The molecule has 3 rings (SSSR count). The van der Waals surface area contributed by atoms with Crippen molar-refractivity contribution in [1.29, 1.82) is 0 Å². The van der Waals surface area contributed by atoms with Crippen molar-refractivity contribution in [2.24, 2.45) is 5.92 Å². The molecule has 0 heterocycles. The second-order valence-electron chi connectivity index (χ2n) is 5.61. The quantitative estimate of drug-likeness (QED) is 0.825. The van der Waals surface area contributed by atoms with Crippen molar-refractivity contribution in [2.45, 2.75) is 51.2 Å². The van der Waals surface area contributed by atoms with Crippen LogP contribution < -0.4 is 10.1 Å². The van der Waals surface area contributed by atoms with Crippen molar-refractivity contribution in [1.82, 2.24) is 5.32 Å². The van der Waals surface area contributed by atoms with Crippen molar-refractivity contribution >= 4 is 0 Å². The lowest BCUT2D eigenvalue weighted by atomic mass is 9.77. The lowest BCUT2D eigenvalue weighted by Crippen LogP contribution is -2.32. The molecule has 0 saturated heterocycles. The molecule has 1 atom stereocenters. The summed E-state index contributed by atoms with van der Waals surface area (Å²) in [6.45, 7) is 3.23. The zero-order valence-corrected chi connectivity index (χ0v) is 11.2. The SMILES string of the molecule is CCNC(c1ccc(OC2CC2)cc1)C1CCC1. The minimum absolute atomic E-state index is 0.493. The summed E-state index contributed by atoms with van der Waals surface area (Å²) in [7, 11) is 0. The van der Waals surface area contributed by atoms with Crippen LogP contribution in [-0.4, -0.2) is 12.6 Å². The van der Waals surface area contributed by atoms with Gasteiger partial charge in [-0.25, -0.2) is 0 Å². The van der Waals surface area contributed by atoms with Gasteiger partial charge in [-0.05, 0) is 55.8 Å². The zero-order chi connectivity index (χ0) is 12.4. The number of hydrogen-bond donors (Lipinski definition) is 1. The third kappa shape index (κ3) is 2.69. The summed E-state index contributed by atoms with van der Waals surface area (Å²) in [4.78, 5) is 0. The summed E-state index contributed by atoms with van der Waals surface area (Å²) >= 11 is 0. The van der Waals surface area contributed by atoms with Crippen LogP contribution in [0.5, 0.6) is 5.75 Å². The van der Waals surface area contributed by atoms with Crippen LogP contribution in [0.3, 0.4) is 0 Å². The van der Waals surface area contributed by atoms with Gasteiger partial charge in [-0.1, -0.05) is 25.5 Å². The first-order chi connectivity index (χ1) is 8.86. The van der Waals surface area contributed by atoms with E-state index in [1.807, 2.05) is 0 Å². The Morgan fingerprint density at radius 1 is 1.17 bits per heavy atom. The number of hydrogen-bond acceptors (Lipinski definition) is 2. The van der Waals surface area contributed by atoms with Gasteiger partial charge in [-0.2, -0.15) is 0 Å². The van der Waals surface area contributed by atoms with E-state index in [4.69, 9.17) is 4.74 Å². The minimum atomic E-state index is 0.493. The molecule has 0 spiro atoms. The summed E-state index contributed by atoms with van der Waals surface area (Å²) in [6, 6.07) is 9.29. The maximum absolute atomic E-state index is 5.80. The van der Waals surface area contributed by atoms with Crippen LogP contribution in [0.15, 0.2) is 24.3 Å². The maximum atomic E-state index is 5.80. The number of nitrogens with one attached hydrogen (secondary N) is 1. The molecule has 98 valence electrons. The first-order valence-corrected chi connectivity index (χ1v) is 7.37. The van der Waals surface area contributed by atoms with E-state index in [-0.39, 0.29) is 0 Å². The lowest BCUT2D eigenvalue weighted by Gasteiger charge is -2.34. The highest BCUT2D eigenvalue weighted by atomic mass is 16.5. The van der Waals surface area contributed by atoms with Crippen molar-refractivity contribution in [3.05, 3.63) is 29.8 Å². The Balaban J connectivity index is 1.67. The Morgan fingerprint density at radius 3 is 2.39 bits per heavy atom. The highest BCUT2D eigenvalue weighted by molar-refractivity contribution is 5.30. The van der Waals surface area contributed by atoms with Crippen LogP contribution in [0.2, 0.25) is 0 Å². The van der Waals surface area contributed by atoms with Gasteiger partial charge in [0.15, 0.2) is 0 Å². The smallest absolute Gasteiger partial charge is 0.119 e. The molecule has 2 aliphatic carbocycles. The van der Waals surface area contributed by atoms with Gasteiger partial charge < -0.3 is 10.1 Å². The molecule has 2 fully saturated rings. The average molecular weight is 245 g/mol. The topological polar surface area (TPSA) is 21.3 Å². The van der Waals surface area contributed by atoms with E-state index in [1.165, 1.54) is 37.7 Å². The Hall–Kier alpha value is -1.02. The first-order valence-electron chi connectivity index (χ1n) is 7.37. The molecular weight excluding hydrogens is 222 g/mol. The number of benzene rings is 1. The standard InChI is InChI=1S/C16H23NO/c1-2-17-16(12-4-3-5-12)13-6-8-14(9-7-13)18-15-10-11-15/h6-9,12,15-17H,2-5,10-11H2,1H3. The first kappa shape index (κ1) is 12.0. The van der Waals surface area contributed by atoms with Crippen molar-refractivity contribution < 1.29 is 4.74 Å². The molecule has 2 saturated carbocycles. The molecule has 0 aromatic heterocycles. The molecule has 2 nitrogen and oxygen atoms in total. The molecule has 18 heavy (non-hydrogen) atoms. The van der Waals surface area contributed by atoms with Crippen LogP contribution in [0, 0.1) is 5.92 Å². The lowest BCUT2D eigenvalue weighted by molar-refractivity contribution is 0.233. The fraction of sp³-hybridized carbons (Fsp3) is 0.625. The van der Waals surface area contributed by atoms with Gasteiger partial charge in [0.25, 0.3) is 0 Å². The van der Waals surface area contributed by atoms with Crippen molar-refractivity contribution in [2.75, 3.05) is 6.54 Å². The Bertz CT molecular complexity index is 379. The van der Waals surface area contributed by atoms with E-state index in [0.717, 1.165) is 18.2 Å². The van der Waals surface area contributed by atoms with E-state index in [0.29, 0.717) is 12.1 Å². The molecule has 1 aromatic carbocycles. The van der Waals surface area contributed by atoms with Crippen LogP contribution in [0.25, 0.3) is 0 Å². The predicted octanol–water partition coefficient (Wildman–Crippen LogP) is 3.68. The van der Waals surface area contributed by atoms with Gasteiger partial charge in [0.1, 0.15) is 5.75 Å². The minimum Gasteiger partial charge on any atom is -0.490 e. The van der Waals surface area contributed by atoms with Crippen LogP contribution in [-0.2, 0) is 0 Å². The van der Waals surface area contributed by atoms with Crippen LogP contribution in [0.4, 0.5) is 0 Å². The monoisotopic (exact) mass is 245 g/mol. The molecule has 0 bridgehead atoms. The van der Waals surface area contributed by atoms with Crippen LogP contribution >= 0.6 is 0 Å². The van der Waals surface area contributed by atoms with Gasteiger partial charge in [0, 0.05) is 6.04 Å². The van der Waals surface area contributed by atoms with Crippen molar-refractivity contribution in [3.8, 4) is 5.75 Å². The summed E-state index contributed by atoms with van der Waals surface area (Å²) in [5.41, 5.74) is 1.42. The van der Waals surface area contributed by atoms with E-state index < -0.39 is 0 Å². The maximum Gasteiger partial charge on any atom is 0.119 e. The van der Waals surface area contributed by atoms with Gasteiger partial charge in [0.05, 0.1) is 6.10 Å². The predicted molar refractivity (Wildman–Crippen MR) is 73.9 cm³/mol. The molecule has 1 aromatic rings. The molecular formula is C16H23NO. The Morgan fingerprint density at radius 2 is 1.89 bits per heavy atom. The summed E-state index contributed by atoms with van der Waals surface area (Å²) in [5.74, 6) is 1.87. The third-order valence-corrected chi connectivity index (χ3v) is 4.11. The highest BCUT2D eigenvalue weighted by Gasteiger charge is 2.28. The number of rotatable bonds is 6. The van der Waals surface area contributed by atoms with Gasteiger partial charge in [-0.3, -0.25) is 0 Å². The summed E-state index contributed by atoms with van der Waals surface area (Å²) in [5, 5.41) is 3.63. The second kappa shape index (κ2) is 5.31. The van der Waals surface area contributed by atoms with E-state index >= 15 is 0 Å². The molecule has 0 aliphatic heterocycles. The average Bonchev–Trinajstić information content (AvgIpc) is 3.11. The summed E-state index contributed by atoms with van der Waals surface area (Å²) in [6.07, 6.45) is 7.09. The fourth-order valence-corrected chi connectivity index (χ4v) is 2.68. The van der Waals surface area contributed by atoms with E-state index in [2.05, 4.69) is 36.5 Å². The van der Waals surface area contributed by atoms with Crippen molar-refractivity contribution in [3.63, 3.8) is 0 Å². The van der Waals surface area contributed by atoms with Gasteiger partial charge in [0.2, 0.25) is 0 Å². The zero-order valence-electron chi connectivity index (χ0n) is 11.2. The fourth-order valence-electron chi connectivity index (χ4n) is 2.68. The molecule has 0 amide bonds. The molecule has 2 aliphatic rings. The van der Waals surface area contributed by atoms with E-state index in [9.17, 15) is 0 Å².